The van der Waals surface area contributed by atoms with Crippen LogP contribution in [0.25, 0.3) is 10.9 Å². The number of carboxylic acid groups (broad SMARTS) is 1. The molecule has 0 bridgehead atoms. The van der Waals surface area contributed by atoms with Crippen LogP contribution < -0.4 is 27.4 Å². The lowest BCUT2D eigenvalue weighted by Crippen LogP contribution is -2.59. The lowest BCUT2D eigenvalue weighted by atomic mass is 9.96. The van der Waals surface area contributed by atoms with Gasteiger partial charge >= 0.3 is 5.97 Å². The molecule has 0 saturated carbocycles. The number of nitrogens with two attached hydrogens (primary N) is 2. The third kappa shape index (κ3) is 8.74. The number of hydrogen-bond donors (Lipinski definition) is 8. The molecule has 1 aromatic heterocycles. The molecule has 0 fully saturated rings. The first-order valence-corrected chi connectivity index (χ1v) is 13.5. The number of fused-ring (bicyclic) bond motifs is 1. The first-order valence-electron chi connectivity index (χ1n) is 12.9. The van der Waals surface area contributed by atoms with E-state index in [0.717, 1.165) is 16.5 Å². The molecule has 5 unspecified atom stereocenters. The molecule has 0 aliphatic heterocycles. The Kier molecular flexibility index (Phi) is 12.6. The molecule has 0 aliphatic rings. The molecule has 0 radical (unpaired) electrons. The van der Waals surface area contributed by atoms with Gasteiger partial charge in [-0.15, -0.1) is 0 Å². The molecule has 5 atom stereocenters. The summed E-state index contributed by atoms with van der Waals surface area (Å²) in [5.74, 6) is -3.10. The van der Waals surface area contributed by atoms with Crippen LogP contribution in [0.1, 0.15) is 45.1 Å². The number of carbonyl (C=O) groups excluding carboxylic acids is 3. The molecule has 210 valence electrons. The lowest BCUT2D eigenvalue weighted by Gasteiger charge is -2.28. The highest BCUT2D eigenvalue weighted by Gasteiger charge is 2.33. The van der Waals surface area contributed by atoms with E-state index >= 15 is 0 Å². The van der Waals surface area contributed by atoms with Crippen LogP contribution in [0.2, 0.25) is 0 Å². The zero-order chi connectivity index (χ0) is 28.2. The van der Waals surface area contributed by atoms with Crippen LogP contribution in [0.4, 0.5) is 0 Å². The summed E-state index contributed by atoms with van der Waals surface area (Å²) in [6.45, 7) is 4.08. The fourth-order valence-electron chi connectivity index (χ4n) is 4.06. The Balaban J connectivity index is 2.27. The number of aromatic nitrogens is 1. The zero-order valence-electron chi connectivity index (χ0n) is 21.9. The van der Waals surface area contributed by atoms with Crippen molar-refractivity contribution in [3.8, 4) is 0 Å². The number of H-pyrrole nitrogens is 1. The Bertz CT molecular complexity index is 1090. The van der Waals surface area contributed by atoms with Gasteiger partial charge in [-0.05, 0) is 43.4 Å². The average Bonchev–Trinajstić information content (AvgIpc) is 3.32. The largest absolute Gasteiger partial charge is 0.480 e. The van der Waals surface area contributed by atoms with Crippen molar-refractivity contribution in [2.75, 3.05) is 12.3 Å². The number of carbonyl (C=O) groups is 4. The third-order valence-corrected chi connectivity index (χ3v) is 7.01. The predicted octanol–water partition coefficient (Wildman–Crippen LogP) is 0.682. The highest BCUT2D eigenvalue weighted by molar-refractivity contribution is 7.80. The number of hydrogen-bond acceptors (Lipinski definition) is 7. The minimum absolute atomic E-state index is 0.0892. The predicted molar refractivity (Wildman–Crippen MR) is 150 cm³/mol. The van der Waals surface area contributed by atoms with Crippen LogP contribution in [0.15, 0.2) is 30.5 Å². The van der Waals surface area contributed by atoms with Gasteiger partial charge in [-0.25, -0.2) is 4.79 Å². The number of thiol groups is 1. The fraction of sp³-hybridized carbons (Fsp3) is 0.538. The second-order valence-electron chi connectivity index (χ2n) is 9.47. The van der Waals surface area contributed by atoms with Crippen molar-refractivity contribution >= 4 is 47.2 Å². The summed E-state index contributed by atoms with van der Waals surface area (Å²) in [4.78, 5) is 54.2. The molecule has 1 aromatic carbocycles. The normalized spacial score (nSPS) is 15.2. The summed E-state index contributed by atoms with van der Waals surface area (Å²) in [5.41, 5.74) is 13.0. The number of benzene rings is 1. The van der Waals surface area contributed by atoms with Crippen LogP contribution in [-0.4, -0.2) is 70.2 Å². The van der Waals surface area contributed by atoms with Gasteiger partial charge in [0.25, 0.3) is 0 Å². The monoisotopic (exact) mass is 548 g/mol. The van der Waals surface area contributed by atoms with E-state index in [1.807, 2.05) is 31.2 Å². The highest BCUT2D eigenvalue weighted by atomic mass is 32.1. The zero-order valence-corrected chi connectivity index (χ0v) is 22.8. The number of amides is 3. The summed E-state index contributed by atoms with van der Waals surface area (Å²) < 4.78 is 0. The molecule has 2 rings (SSSR count). The van der Waals surface area contributed by atoms with Gasteiger partial charge in [0.2, 0.25) is 17.7 Å². The Morgan fingerprint density at radius 2 is 1.71 bits per heavy atom. The van der Waals surface area contributed by atoms with E-state index in [1.165, 1.54) is 0 Å². The minimum Gasteiger partial charge on any atom is -0.480 e. The van der Waals surface area contributed by atoms with Crippen molar-refractivity contribution in [3.05, 3.63) is 36.0 Å². The van der Waals surface area contributed by atoms with Crippen LogP contribution in [0, 0.1) is 5.92 Å². The second kappa shape index (κ2) is 15.4. The molecule has 12 heteroatoms. The summed E-state index contributed by atoms with van der Waals surface area (Å²) in [6, 6.07) is 3.50. The standard InChI is InChI=1S/C26H40N6O5S/c1-3-15(2)22(25(35)30-20(26(36)37)10-6-7-11-27)32-24(34)21(31-23(33)18(28)14-38)12-16-13-29-19-9-5-4-8-17(16)19/h4-5,8-9,13,15,18,20-22,29,38H,3,6-7,10-12,14,27-28H2,1-2H3,(H,30,35)(H,31,33)(H,32,34)(H,36,37). The Morgan fingerprint density at radius 1 is 1.03 bits per heavy atom. The van der Waals surface area contributed by atoms with Gasteiger partial charge in [-0.3, -0.25) is 14.4 Å². The van der Waals surface area contributed by atoms with Crippen LogP contribution in [0.5, 0.6) is 0 Å². The van der Waals surface area contributed by atoms with Crippen LogP contribution in [0.3, 0.4) is 0 Å². The smallest absolute Gasteiger partial charge is 0.326 e. The molecule has 1 heterocycles. The number of para-hydroxylation sites is 1. The van der Waals surface area contributed by atoms with Gasteiger partial charge in [-0.1, -0.05) is 38.5 Å². The van der Waals surface area contributed by atoms with E-state index in [2.05, 4.69) is 33.6 Å². The van der Waals surface area contributed by atoms with E-state index in [4.69, 9.17) is 11.5 Å². The molecule has 11 nitrogen and oxygen atoms in total. The third-order valence-electron chi connectivity index (χ3n) is 6.62. The van der Waals surface area contributed by atoms with Crippen molar-refractivity contribution in [1.29, 1.82) is 0 Å². The van der Waals surface area contributed by atoms with Gasteiger partial charge in [-0.2, -0.15) is 12.6 Å². The quantitative estimate of drug-likeness (QED) is 0.112. The second-order valence-corrected chi connectivity index (χ2v) is 9.83. The first kappa shape index (κ1) is 31.1. The number of rotatable bonds is 16. The fourth-order valence-corrected chi connectivity index (χ4v) is 4.22. The number of unbranched alkanes of at least 4 members (excludes halogenated alkanes) is 1. The Hall–Kier alpha value is -3.09. The molecule has 0 saturated heterocycles. The molecule has 9 N–H and O–H groups in total. The molecular weight excluding hydrogens is 508 g/mol. The summed E-state index contributed by atoms with van der Waals surface area (Å²) in [6.07, 6.45) is 3.86. The first-order chi connectivity index (χ1) is 18.1. The molecule has 2 aromatic rings. The van der Waals surface area contributed by atoms with Crippen molar-refractivity contribution in [1.82, 2.24) is 20.9 Å². The Morgan fingerprint density at radius 3 is 2.34 bits per heavy atom. The molecule has 38 heavy (non-hydrogen) atoms. The number of carboxylic acids is 1. The van der Waals surface area contributed by atoms with Crippen molar-refractivity contribution in [2.24, 2.45) is 17.4 Å². The highest BCUT2D eigenvalue weighted by Crippen LogP contribution is 2.19. The molecule has 0 aliphatic carbocycles. The van der Waals surface area contributed by atoms with Crippen LogP contribution >= 0.6 is 12.6 Å². The van der Waals surface area contributed by atoms with Gasteiger partial charge in [0, 0.05) is 29.3 Å². The van der Waals surface area contributed by atoms with E-state index in [-0.39, 0.29) is 24.5 Å². The average molecular weight is 549 g/mol. The maximum absolute atomic E-state index is 13.5. The Labute approximate surface area is 228 Å². The summed E-state index contributed by atoms with van der Waals surface area (Å²) in [5, 5.41) is 18.5. The van der Waals surface area contributed by atoms with Crippen molar-refractivity contribution in [3.63, 3.8) is 0 Å². The van der Waals surface area contributed by atoms with Gasteiger partial charge < -0.3 is 37.5 Å². The van der Waals surface area contributed by atoms with E-state index in [0.29, 0.717) is 25.8 Å². The minimum atomic E-state index is -1.16. The van der Waals surface area contributed by atoms with E-state index < -0.39 is 47.9 Å². The van der Waals surface area contributed by atoms with Crippen LogP contribution in [-0.2, 0) is 25.6 Å². The summed E-state index contributed by atoms with van der Waals surface area (Å²) in [7, 11) is 0. The topological polar surface area (TPSA) is 192 Å². The molecule has 0 spiro atoms. The maximum atomic E-state index is 13.5. The van der Waals surface area contributed by atoms with Gasteiger partial charge in [0.05, 0.1) is 6.04 Å². The van der Waals surface area contributed by atoms with Crippen molar-refractivity contribution in [2.45, 2.75) is 70.1 Å². The summed E-state index contributed by atoms with van der Waals surface area (Å²) >= 11 is 4.07. The van der Waals surface area contributed by atoms with E-state index in [9.17, 15) is 24.3 Å². The van der Waals surface area contributed by atoms with Gasteiger partial charge in [0.1, 0.15) is 18.1 Å². The number of aromatic amines is 1. The number of aliphatic carboxylic acids is 1. The van der Waals surface area contributed by atoms with Crippen molar-refractivity contribution < 1.29 is 24.3 Å². The maximum Gasteiger partial charge on any atom is 0.326 e. The molecular formula is C26H40N6O5S. The van der Waals surface area contributed by atoms with Gasteiger partial charge in [0.15, 0.2) is 0 Å². The van der Waals surface area contributed by atoms with E-state index in [1.54, 1.807) is 13.1 Å². The molecule has 3 amide bonds. The SMILES string of the molecule is CCC(C)C(NC(=O)C(Cc1c[nH]c2ccccc12)NC(=O)C(N)CS)C(=O)NC(CCCCN)C(=O)O. The number of nitrogens with one attached hydrogen (secondary N) is 4. The lowest BCUT2D eigenvalue weighted by molar-refractivity contribution is -0.143.